The highest BCUT2D eigenvalue weighted by Crippen LogP contribution is 2.19. The molecule has 116 valence electrons. The SMILES string of the molecule is CCN1CCN(CC(=O)Nc2ccc(F)c(F)c2F)CC1. The van der Waals surface area contributed by atoms with Crippen LogP contribution in [0.25, 0.3) is 0 Å². The predicted octanol–water partition coefficient (Wildman–Crippen LogP) is 1.68. The van der Waals surface area contributed by atoms with Crippen molar-refractivity contribution in [2.45, 2.75) is 6.92 Å². The minimum Gasteiger partial charge on any atom is -0.322 e. The highest BCUT2D eigenvalue weighted by atomic mass is 19.2. The Bertz CT molecular complexity index is 516. The van der Waals surface area contributed by atoms with E-state index in [0.717, 1.165) is 44.9 Å². The molecule has 1 N–H and O–H groups in total. The van der Waals surface area contributed by atoms with E-state index in [4.69, 9.17) is 0 Å². The van der Waals surface area contributed by atoms with Crippen LogP contribution >= 0.6 is 0 Å². The Morgan fingerprint density at radius 3 is 2.33 bits per heavy atom. The van der Waals surface area contributed by atoms with Crippen LogP contribution in [0.2, 0.25) is 0 Å². The fourth-order valence-electron chi connectivity index (χ4n) is 2.28. The maximum atomic E-state index is 13.4. The van der Waals surface area contributed by atoms with Gasteiger partial charge in [-0.05, 0) is 18.7 Å². The zero-order valence-corrected chi connectivity index (χ0v) is 11.8. The summed E-state index contributed by atoms with van der Waals surface area (Å²) in [5, 5.41) is 2.27. The van der Waals surface area contributed by atoms with Crippen molar-refractivity contribution in [1.29, 1.82) is 0 Å². The Hall–Kier alpha value is -1.60. The van der Waals surface area contributed by atoms with Crippen LogP contribution < -0.4 is 5.32 Å². The van der Waals surface area contributed by atoms with Crippen LogP contribution in [0.15, 0.2) is 12.1 Å². The number of amides is 1. The number of benzene rings is 1. The Morgan fingerprint density at radius 2 is 1.71 bits per heavy atom. The minimum atomic E-state index is -1.58. The van der Waals surface area contributed by atoms with E-state index < -0.39 is 23.4 Å². The molecule has 1 aliphatic rings. The molecule has 1 aromatic rings. The fraction of sp³-hybridized carbons (Fsp3) is 0.500. The van der Waals surface area contributed by atoms with Gasteiger partial charge in [-0.25, -0.2) is 13.2 Å². The number of carbonyl (C=O) groups is 1. The summed E-state index contributed by atoms with van der Waals surface area (Å²) in [5.41, 5.74) is -0.342. The first-order valence-corrected chi connectivity index (χ1v) is 6.89. The topological polar surface area (TPSA) is 35.6 Å². The normalized spacial score (nSPS) is 17.0. The third-order valence-corrected chi connectivity index (χ3v) is 3.59. The van der Waals surface area contributed by atoms with Crippen LogP contribution in [0.1, 0.15) is 6.92 Å². The molecule has 0 aliphatic carbocycles. The summed E-state index contributed by atoms with van der Waals surface area (Å²) in [6.07, 6.45) is 0. The third kappa shape index (κ3) is 3.95. The van der Waals surface area contributed by atoms with Gasteiger partial charge in [0, 0.05) is 26.2 Å². The molecule has 0 atom stereocenters. The largest absolute Gasteiger partial charge is 0.322 e. The Labute approximate surface area is 121 Å². The quantitative estimate of drug-likeness (QED) is 0.860. The monoisotopic (exact) mass is 301 g/mol. The van der Waals surface area contributed by atoms with Gasteiger partial charge < -0.3 is 10.2 Å². The van der Waals surface area contributed by atoms with E-state index >= 15 is 0 Å². The summed E-state index contributed by atoms with van der Waals surface area (Å²) in [4.78, 5) is 16.0. The van der Waals surface area contributed by atoms with E-state index in [1.165, 1.54) is 0 Å². The van der Waals surface area contributed by atoms with Crippen molar-refractivity contribution >= 4 is 11.6 Å². The molecule has 0 unspecified atom stereocenters. The zero-order chi connectivity index (χ0) is 15.4. The van der Waals surface area contributed by atoms with Gasteiger partial charge in [-0.2, -0.15) is 0 Å². The van der Waals surface area contributed by atoms with Crippen LogP contribution in [0, 0.1) is 17.5 Å². The van der Waals surface area contributed by atoms with E-state index in [2.05, 4.69) is 17.1 Å². The molecule has 4 nitrogen and oxygen atoms in total. The molecule has 0 aromatic heterocycles. The summed E-state index contributed by atoms with van der Waals surface area (Å²) in [5.74, 6) is -4.67. The molecule has 0 saturated carbocycles. The van der Waals surface area contributed by atoms with Gasteiger partial charge in [-0.3, -0.25) is 9.69 Å². The van der Waals surface area contributed by atoms with Gasteiger partial charge in [0.25, 0.3) is 0 Å². The molecule has 7 heteroatoms. The van der Waals surface area contributed by atoms with Gasteiger partial charge in [0.15, 0.2) is 17.5 Å². The molecule has 1 heterocycles. The second kappa shape index (κ2) is 6.91. The second-order valence-corrected chi connectivity index (χ2v) is 4.98. The first-order chi connectivity index (χ1) is 10.0. The predicted molar refractivity (Wildman–Crippen MR) is 73.5 cm³/mol. The van der Waals surface area contributed by atoms with E-state index in [9.17, 15) is 18.0 Å². The lowest BCUT2D eigenvalue weighted by molar-refractivity contribution is -0.117. The van der Waals surface area contributed by atoms with Gasteiger partial charge in [0.2, 0.25) is 5.91 Å². The van der Waals surface area contributed by atoms with E-state index in [-0.39, 0.29) is 12.2 Å². The van der Waals surface area contributed by atoms with Crippen molar-refractivity contribution in [3.63, 3.8) is 0 Å². The molecule has 2 rings (SSSR count). The number of rotatable bonds is 4. The number of nitrogens with one attached hydrogen (secondary N) is 1. The molecular formula is C14H18F3N3O. The molecule has 0 bridgehead atoms. The summed E-state index contributed by atoms with van der Waals surface area (Å²) in [6, 6.07) is 1.80. The summed E-state index contributed by atoms with van der Waals surface area (Å²) in [7, 11) is 0. The maximum absolute atomic E-state index is 13.4. The number of piperazine rings is 1. The molecule has 21 heavy (non-hydrogen) atoms. The Morgan fingerprint density at radius 1 is 1.10 bits per heavy atom. The van der Waals surface area contributed by atoms with E-state index in [1.54, 1.807) is 0 Å². The van der Waals surface area contributed by atoms with E-state index in [0.29, 0.717) is 0 Å². The standard InChI is InChI=1S/C14H18F3N3O/c1-2-19-5-7-20(8-6-19)9-12(21)18-11-4-3-10(15)13(16)14(11)17/h3-4H,2,5-9H2,1H3,(H,18,21). The molecule has 1 fully saturated rings. The molecule has 1 saturated heterocycles. The van der Waals surface area contributed by atoms with E-state index in [1.807, 2.05) is 4.90 Å². The number of hydrogen-bond donors (Lipinski definition) is 1. The lowest BCUT2D eigenvalue weighted by atomic mass is 10.2. The first kappa shape index (κ1) is 15.8. The lowest BCUT2D eigenvalue weighted by Gasteiger charge is -2.33. The van der Waals surface area contributed by atoms with Gasteiger partial charge in [0.05, 0.1) is 12.2 Å². The van der Waals surface area contributed by atoms with Gasteiger partial charge in [-0.15, -0.1) is 0 Å². The number of anilines is 1. The number of nitrogens with zero attached hydrogens (tertiary/aromatic N) is 2. The smallest absolute Gasteiger partial charge is 0.238 e. The van der Waals surface area contributed by atoms with Gasteiger partial charge in [0.1, 0.15) is 0 Å². The van der Waals surface area contributed by atoms with Gasteiger partial charge in [-0.1, -0.05) is 6.92 Å². The second-order valence-electron chi connectivity index (χ2n) is 4.98. The molecule has 1 amide bonds. The minimum absolute atomic E-state index is 0.107. The highest BCUT2D eigenvalue weighted by Gasteiger charge is 2.19. The Kier molecular flexibility index (Phi) is 5.19. The third-order valence-electron chi connectivity index (χ3n) is 3.59. The molecule has 1 aliphatic heterocycles. The van der Waals surface area contributed by atoms with Crippen LogP contribution in [-0.4, -0.2) is 55.0 Å². The summed E-state index contributed by atoms with van der Waals surface area (Å²) in [6.45, 7) is 6.42. The number of carbonyl (C=O) groups excluding carboxylic acids is 1. The van der Waals surface area contributed by atoms with Gasteiger partial charge >= 0.3 is 0 Å². The number of likely N-dealkylation sites (N-methyl/N-ethyl adjacent to an activating group) is 1. The lowest BCUT2D eigenvalue weighted by Crippen LogP contribution is -2.48. The molecule has 0 radical (unpaired) electrons. The van der Waals surface area contributed by atoms with Crippen molar-refractivity contribution in [2.75, 3.05) is 44.6 Å². The van der Waals surface area contributed by atoms with Crippen LogP contribution in [0.4, 0.5) is 18.9 Å². The van der Waals surface area contributed by atoms with Crippen molar-refractivity contribution in [3.8, 4) is 0 Å². The van der Waals surface area contributed by atoms with Crippen LogP contribution in [0.3, 0.4) is 0 Å². The molecular weight excluding hydrogens is 283 g/mol. The van der Waals surface area contributed by atoms with Crippen LogP contribution in [0.5, 0.6) is 0 Å². The number of hydrogen-bond acceptors (Lipinski definition) is 3. The molecule has 0 spiro atoms. The average molecular weight is 301 g/mol. The fourth-order valence-corrected chi connectivity index (χ4v) is 2.28. The molecule has 1 aromatic carbocycles. The van der Waals surface area contributed by atoms with Crippen molar-refractivity contribution < 1.29 is 18.0 Å². The van der Waals surface area contributed by atoms with Crippen LogP contribution in [-0.2, 0) is 4.79 Å². The first-order valence-electron chi connectivity index (χ1n) is 6.89. The maximum Gasteiger partial charge on any atom is 0.238 e. The Balaban J connectivity index is 1.89. The van der Waals surface area contributed by atoms with Crippen molar-refractivity contribution in [1.82, 2.24) is 9.80 Å². The summed E-state index contributed by atoms with van der Waals surface area (Å²) >= 11 is 0. The average Bonchev–Trinajstić information content (AvgIpc) is 2.49. The number of halogens is 3. The van der Waals surface area contributed by atoms with Crippen molar-refractivity contribution in [2.24, 2.45) is 0 Å². The zero-order valence-electron chi connectivity index (χ0n) is 11.8. The summed E-state index contributed by atoms with van der Waals surface area (Å²) < 4.78 is 39.3. The van der Waals surface area contributed by atoms with Crippen molar-refractivity contribution in [3.05, 3.63) is 29.6 Å². The highest BCUT2D eigenvalue weighted by molar-refractivity contribution is 5.92.